The van der Waals surface area contributed by atoms with Crippen LogP contribution >= 0.6 is 35.6 Å². The van der Waals surface area contributed by atoms with Crippen LogP contribution in [0.15, 0.2) is 53.5 Å². The number of hydrogen-bond donors (Lipinski definition) is 2. The van der Waals surface area contributed by atoms with Crippen molar-refractivity contribution < 1.29 is 13.2 Å². The van der Waals surface area contributed by atoms with Crippen LogP contribution in [0.25, 0.3) is 0 Å². The Hall–Kier alpha value is -1.52. The molecule has 0 radical (unpaired) electrons. The lowest BCUT2D eigenvalue weighted by Gasteiger charge is -2.18. The van der Waals surface area contributed by atoms with Crippen LogP contribution < -0.4 is 15.4 Å². The van der Waals surface area contributed by atoms with E-state index in [-0.39, 0.29) is 35.8 Å². The van der Waals surface area contributed by atoms with Crippen molar-refractivity contribution in [1.82, 2.24) is 10.6 Å². The Kier molecular flexibility index (Phi) is 11.5. The predicted molar refractivity (Wildman–Crippen MR) is 135 cm³/mol. The molecule has 9 heteroatoms. The van der Waals surface area contributed by atoms with E-state index >= 15 is 0 Å². The molecule has 1 unspecified atom stereocenters. The van der Waals surface area contributed by atoms with Gasteiger partial charge in [-0.1, -0.05) is 48.0 Å². The molecule has 0 aromatic heterocycles. The molecular weight excluding hydrogens is 537 g/mol. The van der Waals surface area contributed by atoms with Crippen LogP contribution in [-0.4, -0.2) is 39.5 Å². The van der Waals surface area contributed by atoms with Gasteiger partial charge in [0.2, 0.25) is 0 Å². The van der Waals surface area contributed by atoms with Crippen molar-refractivity contribution in [3.05, 3.63) is 64.7 Å². The summed E-state index contributed by atoms with van der Waals surface area (Å²) in [7, 11) is -1.29. The first kappa shape index (κ1) is 26.5. The van der Waals surface area contributed by atoms with Crippen LogP contribution in [0, 0.1) is 0 Å². The Morgan fingerprint density at radius 3 is 2.40 bits per heavy atom. The van der Waals surface area contributed by atoms with Crippen LogP contribution in [0.4, 0.5) is 0 Å². The molecule has 0 saturated heterocycles. The van der Waals surface area contributed by atoms with Gasteiger partial charge < -0.3 is 15.4 Å². The molecule has 0 aliphatic rings. The summed E-state index contributed by atoms with van der Waals surface area (Å²) in [6.45, 7) is 2.89. The summed E-state index contributed by atoms with van der Waals surface area (Å²) < 4.78 is 28.5. The fraction of sp³-hybridized carbons (Fsp3) is 0.381. The first-order valence-electron chi connectivity index (χ1n) is 9.37. The number of para-hydroxylation sites is 1. The fourth-order valence-corrected chi connectivity index (χ4v) is 3.63. The molecule has 2 aromatic carbocycles. The first-order valence-corrected chi connectivity index (χ1v) is 11.8. The third kappa shape index (κ3) is 9.53. The zero-order chi connectivity index (χ0) is 21.3. The molecule has 2 rings (SSSR count). The molecule has 0 aliphatic carbocycles. The summed E-state index contributed by atoms with van der Waals surface area (Å²) in [5.41, 5.74) is 2.12. The van der Waals surface area contributed by atoms with Gasteiger partial charge >= 0.3 is 0 Å². The van der Waals surface area contributed by atoms with Crippen LogP contribution in [-0.2, 0) is 23.0 Å². The highest BCUT2D eigenvalue weighted by molar-refractivity contribution is 14.0. The predicted octanol–water partition coefficient (Wildman–Crippen LogP) is 4.03. The number of nitrogens with zero attached hydrogens (tertiary/aromatic N) is 1. The highest BCUT2D eigenvalue weighted by Crippen LogP contribution is 2.24. The molecule has 0 heterocycles. The topological polar surface area (TPSA) is 79.8 Å². The molecule has 2 aromatic rings. The minimum atomic E-state index is -2.98. The fourth-order valence-electron chi connectivity index (χ4n) is 2.66. The highest BCUT2D eigenvalue weighted by atomic mass is 127. The average molecular weight is 566 g/mol. The van der Waals surface area contributed by atoms with Crippen LogP contribution in [0.2, 0.25) is 5.02 Å². The number of guanidine groups is 1. The first-order chi connectivity index (χ1) is 13.8. The summed E-state index contributed by atoms with van der Waals surface area (Å²) in [4.78, 5) is 4.22. The second kappa shape index (κ2) is 13.0. The monoisotopic (exact) mass is 565 g/mol. The molecular formula is C21H29ClIN3O3S. The van der Waals surface area contributed by atoms with Gasteiger partial charge in [-0.3, -0.25) is 4.99 Å². The zero-order valence-electron chi connectivity index (χ0n) is 17.4. The Balaban J connectivity index is 0.00000450. The van der Waals surface area contributed by atoms with Gasteiger partial charge in [-0.2, -0.15) is 0 Å². The number of ether oxygens (including phenoxy) is 1. The van der Waals surface area contributed by atoms with Gasteiger partial charge in [0.05, 0.1) is 10.8 Å². The molecule has 1 atom stereocenters. The smallest absolute Gasteiger partial charge is 0.191 e. The number of halogens is 2. The maximum absolute atomic E-state index is 11.3. The van der Waals surface area contributed by atoms with E-state index in [9.17, 15) is 8.42 Å². The Bertz CT molecular complexity index is 939. The third-order valence-corrected chi connectivity index (χ3v) is 5.60. The maximum atomic E-state index is 11.3. The summed E-state index contributed by atoms with van der Waals surface area (Å²) in [6.07, 6.45) is 1.76. The summed E-state index contributed by atoms with van der Waals surface area (Å²) in [5.74, 6) is 1.40. The molecule has 0 spiro atoms. The maximum Gasteiger partial charge on any atom is 0.191 e. The summed E-state index contributed by atoms with van der Waals surface area (Å²) in [6, 6.07) is 15.3. The molecule has 0 fully saturated rings. The lowest BCUT2D eigenvalue weighted by atomic mass is 10.1. The zero-order valence-corrected chi connectivity index (χ0v) is 21.3. The van der Waals surface area contributed by atoms with Crippen LogP contribution in [0.1, 0.15) is 24.5 Å². The van der Waals surface area contributed by atoms with E-state index in [1.54, 1.807) is 13.1 Å². The SMILES string of the molecule is CN=C(NCc1ccccc1COc1ccccc1Cl)NC(C)CCS(C)(=O)=O.I. The standard InChI is InChI=1S/C21H28ClN3O3S.HI/c1-16(12-13-29(3,26)27)25-21(23-2)24-14-17-8-4-5-9-18(17)15-28-20-11-7-6-10-19(20)22;/h4-11,16H,12-15H2,1-3H3,(H2,23,24,25);1H. The van der Waals surface area contributed by atoms with E-state index in [2.05, 4.69) is 15.6 Å². The number of aliphatic imine (C=N–C) groups is 1. The second-order valence-electron chi connectivity index (χ2n) is 6.88. The van der Waals surface area contributed by atoms with Crippen molar-refractivity contribution in [3.8, 4) is 5.75 Å². The molecule has 166 valence electrons. The Morgan fingerprint density at radius 2 is 1.77 bits per heavy atom. The lowest BCUT2D eigenvalue weighted by Crippen LogP contribution is -2.42. The van der Waals surface area contributed by atoms with Crippen molar-refractivity contribution >= 4 is 51.4 Å². The minimum Gasteiger partial charge on any atom is -0.487 e. The van der Waals surface area contributed by atoms with Gasteiger partial charge in [0, 0.05) is 25.9 Å². The van der Waals surface area contributed by atoms with Gasteiger partial charge in [-0.25, -0.2) is 8.42 Å². The molecule has 0 aliphatic heterocycles. The average Bonchev–Trinajstić information content (AvgIpc) is 2.69. The summed E-state index contributed by atoms with van der Waals surface area (Å²) in [5, 5.41) is 7.07. The highest BCUT2D eigenvalue weighted by Gasteiger charge is 2.10. The van der Waals surface area contributed by atoms with E-state index in [0.717, 1.165) is 11.1 Å². The molecule has 0 amide bonds. The van der Waals surface area contributed by atoms with Gasteiger partial charge in [0.15, 0.2) is 5.96 Å². The number of sulfone groups is 1. The molecule has 2 N–H and O–H groups in total. The molecule has 0 bridgehead atoms. The molecule has 30 heavy (non-hydrogen) atoms. The van der Waals surface area contributed by atoms with E-state index in [1.807, 2.05) is 49.4 Å². The van der Waals surface area contributed by atoms with Crippen LogP contribution in [0.5, 0.6) is 5.75 Å². The normalized spacial score (nSPS) is 12.6. The number of benzene rings is 2. The third-order valence-electron chi connectivity index (χ3n) is 4.31. The van der Waals surface area contributed by atoms with Crippen molar-refractivity contribution in [2.45, 2.75) is 32.5 Å². The van der Waals surface area contributed by atoms with Crippen molar-refractivity contribution in [1.29, 1.82) is 0 Å². The number of hydrogen-bond acceptors (Lipinski definition) is 4. The van der Waals surface area contributed by atoms with Gasteiger partial charge in [-0.05, 0) is 36.6 Å². The van der Waals surface area contributed by atoms with E-state index in [1.165, 1.54) is 6.26 Å². The summed E-state index contributed by atoms with van der Waals surface area (Å²) >= 11 is 6.15. The number of nitrogens with one attached hydrogen (secondary N) is 2. The Labute approximate surface area is 201 Å². The van der Waals surface area contributed by atoms with Crippen molar-refractivity contribution in [2.24, 2.45) is 4.99 Å². The minimum absolute atomic E-state index is 0. The number of rotatable bonds is 9. The quantitative estimate of drug-likeness (QED) is 0.273. The molecule has 0 saturated carbocycles. The Morgan fingerprint density at radius 1 is 1.13 bits per heavy atom. The van der Waals surface area contributed by atoms with E-state index < -0.39 is 9.84 Å². The largest absolute Gasteiger partial charge is 0.487 e. The van der Waals surface area contributed by atoms with E-state index in [4.69, 9.17) is 16.3 Å². The van der Waals surface area contributed by atoms with Gasteiger partial charge in [0.1, 0.15) is 22.2 Å². The lowest BCUT2D eigenvalue weighted by molar-refractivity contribution is 0.305. The second-order valence-corrected chi connectivity index (χ2v) is 9.54. The van der Waals surface area contributed by atoms with Gasteiger partial charge in [-0.15, -0.1) is 24.0 Å². The van der Waals surface area contributed by atoms with Gasteiger partial charge in [0.25, 0.3) is 0 Å². The molecule has 6 nitrogen and oxygen atoms in total. The van der Waals surface area contributed by atoms with Crippen molar-refractivity contribution in [3.63, 3.8) is 0 Å². The van der Waals surface area contributed by atoms with E-state index in [0.29, 0.717) is 36.3 Å². The van der Waals surface area contributed by atoms with Crippen LogP contribution in [0.3, 0.4) is 0 Å². The van der Waals surface area contributed by atoms with Crippen molar-refractivity contribution in [2.75, 3.05) is 19.1 Å².